The quantitative estimate of drug-likeness (QED) is 0.830. The number of sulfone groups is 1. The van der Waals surface area contributed by atoms with Crippen LogP contribution in [0.2, 0.25) is 0 Å². The summed E-state index contributed by atoms with van der Waals surface area (Å²) >= 11 is 0. The first-order chi connectivity index (χ1) is 8.01. The molecule has 1 aromatic carbocycles. The molecule has 0 aromatic heterocycles. The van der Waals surface area contributed by atoms with Crippen LogP contribution in [0, 0.1) is 6.92 Å². The molecule has 2 rings (SSSR count). The lowest BCUT2D eigenvalue weighted by atomic mass is 10.2. The van der Waals surface area contributed by atoms with Crippen molar-refractivity contribution in [2.24, 2.45) is 0 Å². The number of rotatable bonds is 3. The second-order valence-corrected chi connectivity index (χ2v) is 6.29. The summed E-state index contributed by atoms with van der Waals surface area (Å²) in [6.07, 6.45) is 1.29. The molecule has 1 fully saturated rings. The van der Waals surface area contributed by atoms with Gasteiger partial charge in [0.05, 0.1) is 15.9 Å². The Bertz CT molecular complexity index is 508. The molecule has 1 aliphatic rings. The van der Waals surface area contributed by atoms with E-state index in [9.17, 15) is 8.42 Å². The maximum absolute atomic E-state index is 12.3. The highest BCUT2D eigenvalue weighted by Gasteiger charge is 2.29. The zero-order valence-electron chi connectivity index (χ0n) is 9.85. The van der Waals surface area contributed by atoms with E-state index in [-0.39, 0.29) is 11.0 Å². The molecule has 0 amide bonds. The zero-order valence-corrected chi connectivity index (χ0v) is 10.7. The highest BCUT2D eigenvalue weighted by Crippen LogP contribution is 2.27. The fraction of sp³-hybridized carbons (Fsp3) is 0.385. The van der Waals surface area contributed by atoms with Crippen LogP contribution in [-0.4, -0.2) is 21.1 Å². The van der Waals surface area contributed by atoms with Crippen LogP contribution < -0.4 is 0 Å². The molecule has 0 saturated carbocycles. The molecule has 0 radical (unpaired) electrons. The molecule has 0 spiro atoms. The summed E-state index contributed by atoms with van der Waals surface area (Å²) in [7, 11) is -3.46. The highest BCUT2D eigenvalue weighted by molar-refractivity contribution is 7.95. The lowest BCUT2D eigenvalue weighted by molar-refractivity contribution is 0.142. The predicted octanol–water partition coefficient (Wildman–Crippen LogP) is 2.46. The van der Waals surface area contributed by atoms with Crippen molar-refractivity contribution >= 4 is 9.84 Å². The van der Waals surface area contributed by atoms with Crippen LogP contribution >= 0.6 is 0 Å². The fourth-order valence-electron chi connectivity index (χ4n) is 1.87. The summed E-state index contributed by atoms with van der Waals surface area (Å²) in [5, 5.41) is 0. The summed E-state index contributed by atoms with van der Waals surface area (Å²) in [5.74, 6) is 0. The Morgan fingerprint density at radius 2 is 2.00 bits per heavy atom. The molecule has 1 aromatic rings. The van der Waals surface area contributed by atoms with Gasteiger partial charge in [-0.15, -0.1) is 0 Å². The SMILES string of the molecule is C=C(C1CCCO1)S(=O)(=O)c1ccc(C)cc1. The molecule has 92 valence electrons. The monoisotopic (exact) mass is 252 g/mol. The molecule has 4 heteroatoms. The maximum atomic E-state index is 12.3. The highest BCUT2D eigenvalue weighted by atomic mass is 32.2. The summed E-state index contributed by atoms with van der Waals surface area (Å²) in [5.41, 5.74) is 1.03. The molecular formula is C13H16O3S. The van der Waals surface area contributed by atoms with Gasteiger partial charge in [-0.25, -0.2) is 8.42 Å². The minimum absolute atomic E-state index is 0.179. The van der Waals surface area contributed by atoms with Crippen molar-refractivity contribution in [2.75, 3.05) is 6.61 Å². The Labute approximate surface area is 102 Å². The van der Waals surface area contributed by atoms with Crippen LogP contribution in [0.1, 0.15) is 18.4 Å². The summed E-state index contributed by atoms with van der Waals surface area (Å²) in [4.78, 5) is 0.474. The normalized spacial score (nSPS) is 20.4. The molecule has 0 bridgehead atoms. The van der Waals surface area contributed by atoms with E-state index in [2.05, 4.69) is 6.58 Å². The minimum Gasteiger partial charge on any atom is -0.373 e. The molecular weight excluding hydrogens is 236 g/mol. The number of benzene rings is 1. The second kappa shape index (κ2) is 4.63. The molecule has 1 saturated heterocycles. The van der Waals surface area contributed by atoms with Crippen molar-refractivity contribution in [1.29, 1.82) is 0 Å². The van der Waals surface area contributed by atoms with E-state index in [1.54, 1.807) is 24.3 Å². The molecule has 17 heavy (non-hydrogen) atoms. The predicted molar refractivity (Wildman–Crippen MR) is 66.5 cm³/mol. The van der Waals surface area contributed by atoms with Crippen molar-refractivity contribution < 1.29 is 13.2 Å². The summed E-state index contributed by atoms with van der Waals surface area (Å²) < 4.78 is 29.9. The van der Waals surface area contributed by atoms with E-state index in [0.717, 1.165) is 18.4 Å². The number of hydrogen-bond acceptors (Lipinski definition) is 3. The lowest BCUT2D eigenvalue weighted by Crippen LogP contribution is -2.17. The van der Waals surface area contributed by atoms with Crippen molar-refractivity contribution in [3.8, 4) is 0 Å². The Morgan fingerprint density at radius 1 is 1.35 bits per heavy atom. The Kier molecular flexibility index (Phi) is 3.35. The van der Waals surface area contributed by atoms with E-state index in [1.807, 2.05) is 6.92 Å². The van der Waals surface area contributed by atoms with Crippen LogP contribution in [0.15, 0.2) is 40.6 Å². The van der Waals surface area contributed by atoms with Gasteiger partial charge in [0.2, 0.25) is 9.84 Å². The van der Waals surface area contributed by atoms with Crippen molar-refractivity contribution in [2.45, 2.75) is 30.8 Å². The van der Waals surface area contributed by atoms with E-state index in [4.69, 9.17) is 4.74 Å². The van der Waals surface area contributed by atoms with E-state index in [0.29, 0.717) is 11.5 Å². The molecule has 1 aliphatic heterocycles. The zero-order chi connectivity index (χ0) is 12.5. The first kappa shape index (κ1) is 12.3. The summed E-state index contributed by atoms with van der Waals surface area (Å²) in [6.45, 7) is 6.23. The molecule has 0 N–H and O–H groups in total. The number of hydrogen-bond donors (Lipinski definition) is 0. The van der Waals surface area contributed by atoms with Gasteiger partial charge < -0.3 is 4.74 Å². The topological polar surface area (TPSA) is 43.4 Å². The molecule has 1 atom stereocenters. The van der Waals surface area contributed by atoms with E-state index >= 15 is 0 Å². The van der Waals surface area contributed by atoms with Gasteiger partial charge in [0, 0.05) is 6.61 Å². The standard InChI is InChI=1S/C13H16O3S/c1-10-5-7-12(8-6-10)17(14,15)11(2)13-4-3-9-16-13/h5-8,13H,2-4,9H2,1H3. The Morgan fingerprint density at radius 3 is 2.53 bits per heavy atom. The van der Waals surface area contributed by atoms with Crippen LogP contribution in [0.25, 0.3) is 0 Å². The lowest BCUT2D eigenvalue weighted by Gasteiger charge is -2.13. The third-order valence-corrected chi connectivity index (χ3v) is 4.81. The third-order valence-electron chi connectivity index (χ3n) is 2.97. The second-order valence-electron chi connectivity index (χ2n) is 4.28. The van der Waals surface area contributed by atoms with Gasteiger partial charge in [-0.1, -0.05) is 24.3 Å². The molecule has 3 nitrogen and oxygen atoms in total. The first-order valence-corrected chi connectivity index (χ1v) is 7.12. The Hall–Kier alpha value is -1.13. The van der Waals surface area contributed by atoms with Gasteiger partial charge in [0.25, 0.3) is 0 Å². The average Bonchev–Trinajstić information content (AvgIpc) is 2.82. The fourth-order valence-corrected chi connectivity index (χ4v) is 3.20. The largest absolute Gasteiger partial charge is 0.373 e. The molecule has 1 heterocycles. The number of ether oxygens (including phenoxy) is 1. The Balaban J connectivity index is 2.29. The van der Waals surface area contributed by atoms with Gasteiger partial charge >= 0.3 is 0 Å². The van der Waals surface area contributed by atoms with Crippen LogP contribution in [-0.2, 0) is 14.6 Å². The molecule has 1 unspecified atom stereocenters. The first-order valence-electron chi connectivity index (χ1n) is 5.64. The van der Waals surface area contributed by atoms with E-state index < -0.39 is 9.84 Å². The van der Waals surface area contributed by atoms with Crippen LogP contribution in [0.3, 0.4) is 0 Å². The molecule has 0 aliphatic carbocycles. The van der Waals surface area contributed by atoms with Gasteiger partial charge in [-0.3, -0.25) is 0 Å². The van der Waals surface area contributed by atoms with Crippen molar-refractivity contribution in [1.82, 2.24) is 0 Å². The van der Waals surface area contributed by atoms with Gasteiger partial charge in [-0.2, -0.15) is 0 Å². The summed E-state index contributed by atoms with van der Waals surface area (Å²) in [6, 6.07) is 6.81. The van der Waals surface area contributed by atoms with Gasteiger partial charge in [-0.05, 0) is 31.9 Å². The third kappa shape index (κ3) is 2.42. The number of aryl methyl sites for hydroxylation is 1. The smallest absolute Gasteiger partial charge is 0.204 e. The van der Waals surface area contributed by atoms with Crippen molar-refractivity contribution in [3.05, 3.63) is 41.3 Å². The maximum Gasteiger partial charge on any atom is 0.204 e. The van der Waals surface area contributed by atoms with Gasteiger partial charge in [0.1, 0.15) is 0 Å². The van der Waals surface area contributed by atoms with Crippen LogP contribution in [0.4, 0.5) is 0 Å². The minimum atomic E-state index is -3.46. The van der Waals surface area contributed by atoms with Crippen LogP contribution in [0.5, 0.6) is 0 Å². The van der Waals surface area contributed by atoms with E-state index in [1.165, 1.54) is 0 Å². The van der Waals surface area contributed by atoms with Crippen molar-refractivity contribution in [3.63, 3.8) is 0 Å². The van der Waals surface area contributed by atoms with Gasteiger partial charge in [0.15, 0.2) is 0 Å². The average molecular weight is 252 g/mol.